The SMILES string of the molecule is CNC(=O)C(C)NS(=O)(=O)c1scnc1C(=O)OC. The maximum absolute atomic E-state index is 12.0. The van der Waals surface area contributed by atoms with Crippen molar-refractivity contribution in [1.82, 2.24) is 15.0 Å². The third-order valence-corrected chi connectivity index (χ3v) is 5.04. The second kappa shape index (κ2) is 6.08. The van der Waals surface area contributed by atoms with Crippen LogP contribution < -0.4 is 10.0 Å². The molecule has 0 aliphatic carbocycles. The molecule has 0 aromatic carbocycles. The average Bonchev–Trinajstić information content (AvgIpc) is 2.86. The lowest BCUT2D eigenvalue weighted by Gasteiger charge is -2.12. The molecule has 1 rings (SSSR count). The van der Waals surface area contributed by atoms with Gasteiger partial charge in [-0.3, -0.25) is 4.79 Å². The van der Waals surface area contributed by atoms with Crippen LogP contribution in [-0.2, 0) is 19.6 Å². The quantitative estimate of drug-likeness (QED) is 0.698. The highest BCUT2D eigenvalue weighted by molar-refractivity contribution is 7.91. The largest absolute Gasteiger partial charge is 0.464 e. The van der Waals surface area contributed by atoms with E-state index in [4.69, 9.17) is 0 Å². The number of rotatable bonds is 5. The lowest BCUT2D eigenvalue weighted by atomic mass is 10.3. The summed E-state index contributed by atoms with van der Waals surface area (Å²) in [5, 5.41) is 2.31. The van der Waals surface area contributed by atoms with Gasteiger partial charge in [-0.15, -0.1) is 11.3 Å². The molecule has 0 aliphatic rings. The first-order valence-corrected chi connectivity index (χ1v) is 7.45. The Labute approximate surface area is 114 Å². The third-order valence-electron chi connectivity index (χ3n) is 2.13. The van der Waals surface area contributed by atoms with Crippen molar-refractivity contribution in [2.75, 3.05) is 14.2 Å². The van der Waals surface area contributed by atoms with E-state index in [1.807, 2.05) is 0 Å². The minimum Gasteiger partial charge on any atom is -0.464 e. The number of carbonyl (C=O) groups is 2. The van der Waals surface area contributed by atoms with Crippen LogP contribution in [0.25, 0.3) is 0 Å². The Kier molecular flexibility index (Phi) is 4.97. The fourth-order valence-electron chi connectivity index (χ4n) is 1.22. The van der Waals surface area contributed by atoms with Gasteiger partial charge in [0.25, 0.3) is 10.0 Å². The van der Waals surface area contributed by atoms with Gasteiger partial charge >= 0.3 is 5.97 Å². The molecule has 10 heteroatoms. The minimum absolute atomic E-state index is 0.282. The molecular weight excluding hydrogens is 294 g/mol. The smallest absolute Gasteiger partial charge is 0.358 e. The zero-order chi connectivity index (χ0) is 14.6. The molecule has 2 N–H and O–H groups in total. The summed E-state index contributed by atoms with van der Waals surface area (Å²) in [6.07, 6.45) is 0. The number of carbonyl (C=O) groups excluding carboxylic acids is 2. The standard InChI is InChI=1S/C9H13N3O5S2/c1-5(7(13)10-2)12-19(15,16)9-6(8(14)17-3)11-4-18-9/h4-5,12H,1-3H3,(H,10,13). The van der Waals surface area contributed by atoms with Gasteiger partial charge in [0.15, 0.2) is 9.90 Å². The second-order valence-corrected chi connectivity index (χ2v) is 6.20. The Morgan fingerprint density at radius 1 is 1.47 bits per heavy atom. The molecule has 1 unspecified atom stereocenters. The van der Waals surface area contributed by atoms with E-state index >= 15 is 0 Å². The number of nitrogens with one attached hydrogen (secondary N) is 2. The van der Waals surface area contributed by atoms with Gasteiger partial charge in [0, 0.05) is 7.05 Å². The number of nitrogens with zero attached hydrogens (tertiary/aromatic N) is 1. The van der Waals surface area contributed by atoms with Crippen LogP contribution in [0.4, 0.5) is 0 Å². The summed E-state index contributed by atoms with van der Waals surface area (Å²) in [7, 11) is -1.50. The molecule has 0 saturated carbocycles. The van der Waals surface area contributed by atoms with E-state index in [0.717, 1.165) is 18.4 Å². The minimum atomic E-state index is -4.01. The summed E-state index contributed by atoms with van der Waals surface area (Å²) in [5.74, 6) is -1.35. The van der Waals surface area contributed by atoms with Crippen molar-refractivity contribution in [3.63, 3.8) is 0 Å². The number of ether oxygens (including phenoxy) is 1. The van der Waals surface area contributed by atoms with Crippen LogP contribution in [0, 0.1) is 0 Å². The summed E-state index contributed by atoms with van der Waals surface area (Å²) >= 11 is 0.767. The molecule has 106 valence electrons. The van der Waals surface area contributed by atoms with Gasteiger partial charge in [0.1, 0.15) is 0 Å². The first kappa shape index (κ1) is 15.5. The molecule has 1 atom stereocenters. The number of thiazole rings is 1. The summed E-state index contributed by atoms with van der Waals surface area (Å²) in [6.45, 7) is 1.38. The number of esters is 1. The van der Waals surface area contributed by atoms with Crippen molar-refractivity contribution in [1.29, 1.82) is 0 Å². The molecule has 0 bridgehead atoms. The van der Waals surface area contributed by atoms with Crippen molar-refractivity contribution in [3.05, 3.63) is 11.2 Å². The zero-order valence-electron chi connectivity index (χ0n) is 10.5. The third kappa shape index (κ3) is 3.49. The van der Waals surface area contributed by atoms with Crippen LogP contribution in [0.3, 0.4) is 0 Å². The van der Waals surface area contributed by atoms with E-state index in [-0.39, 0.29) is 9.90 Å². The van der Waals surface area contributed by atoms with Crippen LogP contribution in [0.15, 0.2) is 9.72 Å². The molecule has 19 heavy (non-hydrogen) atoms. The van der Waals surface area contributed by atoms with E-state index < -0.39 is 27.9 Å². The van der Waals surface area contributed by atoms with Crippen molar-refractivity contribution < 1.29 is 22.7 Å². The van der Waals surface area contributed by atoms with Gasteiger partial charge in [-0.1, -0.05) is 0 Å². The maximum Gasteiger partial charge on any atom is 0.358 e. The highest BCUT2D eigenvalue weighted by Crippen LogP contribution is 2.20. The molecule has 1 amide bonds. The van der Waals surface area contributed by atoms with Gasteiger partial charge in [-0.2, -0.15) is 4.72 Å². The molecule has 8 nitrogen and oxygen atoms in total. The van der Waals surface area contributed by atoms with Crippen molar-refractivity contribution in [2.45, 2.75) is 17.2 Å². The predicted octanol–water partition coefficient (Wildman–Crippen LogP) is -0.658. The van der Waals surface area contributed by atoms with E-state index in [2.05, 4.69) is 19.8 Å². The summed E-state index contributed by atoms with van der Waals surface area (Å²) in [6, 6.07) is -0.970. The Balaban J connectivity index is 3.05. The number of hydrogen-bond acceptors (Lipinski definition) is 7. The molecule has 0 saturated heterocycles. The van der Waals surface area contributed by atoms with Crippen LogP contribution in [0.2, 0.25) is 0 Å². The van der Waals surface area contributed by atoms with Gasteiger partial charge in [-0.05, 0) is 6.92 Å². The van der Waals surface area contributed by atoms with Crippen LogP contribution in [-0.4, -0.2) is 45.5 Å². The lowest BCUT2D eigenvalue weighted by molar-refractivity contribution is -0.121. The summed E-state index contributed by atoms with van der Waals surface area (Å²) in [5.41, 5.74) is 0.912. The number of amides is 1. The molecule has 1 aromatic heterocycles. The monoisotopic (exact) mass is 307 g/mol. The van der Waals surface area contributed by atoms with E-state index in [1.54, 1.807) is 0 Å². The summed E-state index contributed by atoms with van der Waals surface area (Å²) in [4.78, 5) is 26.3. The molecule has 0 radical (unpaired) electrons. The number of hydrogen-bond donors (Lipinski definition) is 2. The molecule has 0 fully saturated rings. The second-order valence-electron chi connectivity index (χ2n) is 3.44. The number of sulfonamides is 1. The first-order chi connectivity index (χ1) is 8.83. The Hall–Kier alpha value is -1.52. The van der Waals surface area contributed by atoms with Crippen molar-refractivity contribution >= 4 is 33.2 Å². The topological polar surface area (TPSA) is 114 Å². The number of likely N-dealkylation sites (N-methyl/N-ethyl adjacent to an activating group) is 1. The normalized spacial score (nSPS) is 12.8. The van der Waals surface area contributed by atoms with Crippen molar-refractivity contribution in [2.24, 2.45) is 0 Å². The summed E-state index contributed by atoms with van der Waals surface area (Å²) < 4.78 is 30.4. The average molecular weight is 307 g/mol. The van der Waals surface area contributed by atoms with Gasteiger partial charge in [0.05, 0.1) is 18.7 Å². The van der Waals surface area contributed by atoms with E-state index in [1.165, 1.54) is 19.5 Å². The zero-order valence-corrected chi connectivity index (χ0v) is 12.1. The van der Waals surface area contributed by atoms with Crippen LogP contribution in [0.1, 0.15) is 17.4 Å². The molecule has 0 spiro atoms. The molecule has 1 heterocycles. The number of aromatic nitrogens is 1. The first-order valence-electron chi connectivity index (χ1n) is 5.09. The van der Waals surface area contributed by atoms with Gasteiger partial charge < -0.3 is 10.1 Å². The maximum atomic E-state index is 12.0. The predicted molar refractivity (Wildman–Crippen MR) is 67.3 cm³/mol. The van der Waals surface area contributed by atoms with E-state index in [9.17, 15) is 18.0 Å². The fraction of sp³-hybridized carbons (Fsp3) is 0.444. The van der Waals surface area contributed by atoms with Crippen LogP contribution >= 0.6 is 11.3 Å². The highest BCUT2D eigenvalue weighted by atomic mass is 32.2. The van der Waals surface area contributed by atoms with E-state index in [0.29, 0.717) is 0 Å². The molecule has 1 aromatic rings. The van der Waals surface area contributed by atoms with Gasteiger partial charge in [0.2, 0.25) is 5.91 Å². The van der Waals surface area contributed by atoms with Gasteiger partial charge in [-0.25, -0.2) is 18.2 Å². The van der Waals surface area contributed by atoms with Crippen LogP contribution in [0.5, 0.6) is 0 Å². The highest BCUT2D eigenvalue weighted by Gasteiger charge is 2.29. The Morgan fingerprint density at radius 2 is 2.11 bits per heavy atom. The molecular formula is C9H13N3O5S2. The fourth-order valence-corrected chi connectivity index (χ4v) is 3.57. The van der Waals surface area contributed by atoms with Crippen molar-refractivity contribution in [3.8, 4) is 0 Å². The Bertz CT molecular complexity index is 580. The number of methoxy groups -OCH3 is 1. The Morgan fingerprint density at radius 3 is 2.63 bits per heavy atom. The molecule has 0 aliphatic heterocycles. The lowest BCUT2D eigenvalue weighted by Crippen LogP contribution is -2.43.